The van der Waals surface area contributed by atoms with Crippen LogP contribution in [-0.2, 0) is 4.74 Å². The summed E-state index contributed by atoms with van der Waals surface area (Å²) >= 11 is 0. The minimum absolute atomic E-state index is 0.269. The monoisotopic (exact) mass is 172 g/mol. The molecule has 4 heteroatoms. The quantitative estimate of drug-likeness (QED) is 0.636. The Morgan fingerprint density at radius 1 is 1.67 bits per heavy atom. The summed E-state index contributed by atoms with van der Waals surface area (Å²) in [7, 11) is 1.38. The Morgan fingerprint density at radius 3 is 2.92 bits per heavy atom. The molecule has 0 spiro atoms. The fourth-order valence-electron chi connectivity index (χ4n) is 1.65. The molecule has 1 aliphatic carbocycles. The van der Waals surface area contributed by atoms with Gasteiger partial charge in [-0.2, -0.15) is 0 Å². The minimum atomic E-state index is -0.335. The van der Waals surface area contributed by atoms with Crippen molar-refractivity contribution in [1.29, 1.82) is 0 Å². The van der Waals surface area contributed by atoms with Crippen LogP contribution in [0.5, 0.6) is 0 Å². The standard InChI is InChI=1S/C8H16N2O2/c1-12-8(11)10-7-3-2-6(4-7)5-9/h6-7H,2-5,9H2,1H3,(H,10,11). The van der Waals surface area contributed by atoms with Gasteiger partial charge in [0, 0.05) is 6.04 Å². The third-order valence-electron chi connectivity index (χ3n) is 2.38. The van der Waals surface area contributed by atoms with E-state index in [2.05, 4.69) is 10.1 Å². The molecule has 0 aromatic carbocycles. The summed E-state index contributed by atoms with van der Waals surface area (Å²) in [4.78, 5) is 10.8. The van der Waals surface area contributed by atoms with Crippen molar-refractivity contribution < 1.29 is 9.53 Å². The van der Waals surface area contributed by atoms with Crippen LogP contribution in [0.15, 0.2) is 0 Å². The van der Waals surface area contributed by atoms with Gasteiger partial charge in [0.15, 0.2) is 0 Å². The third-order valence-corrected chi connectivity index (χ3v) is 2.38. The predicted octanol–water partition coefficient (Wildman–Crippen LogP) is 0.470. The first-order chi connectivity index (χ1) is 5.76. The molecule has 1 amide bonds. The number of nitrogens with two attached hydrogens (primary N) is 1. The van der Waals surface area contributed by atoms with Crippen molar-refractivity contribution in [2.24, 2.45) is 11.7 Å². The maximum absolute atomic E-state index is 10.8. The molecule has 2 atom stereocenters. The van der Waals surface area contributed by atoms with Crippen LogP contribution in [0, 0.1) is 5.92 Å². The highest BCUT2D eigenvalue weighted by Gasteiger charge is 2.24. The normalized spacial score (nSPS) is 28.5. The SMILES string of the molecule is COC(=O)NC1CCC(CN)C1. The second kappa shape index (κ2) is 4.30. The van der Waals surface area contributed by atoms with Crippen molar-refractivity contribution in [3.8, 4) is 0 Å². The Bertz CT molecular complexity index is 161. The lowest BCUT2D eigenvalue weighted by atomic mass is 10.1. The Balaban J connectivity index is 2.23. The topological polar surface area (TPSA) is 64.3 Å². The Labute approximate surface area is 72.5 Å². The number of alkyl carbamates (subject to hydrolysis) is 1. The van der Waals surface area contributed by atoms with Crippen LogP contribution in [0.1, 0.15) is 19.3 Å². The molecule has 3 N–H and O–H groups in total. The lowest BCUT2D eigenvalue weighted by Gasteiger charge is -2.10. The zero-order valence-corrected chi connectivity index (χ0v) is 7.38. The molecule has 0 aromatic heterocycles. The number of amides is 1. The number of ether oxygens (including phenoxy) is 1. The number of carbonyl (C=O) groups excluding carboxylic acids is 1. The summed E-state index contributed by atoms with van der Waals surface area (Å²) in [5, 5.41) is 2.78. The summed E-state index contributed by atoms with van der Waals surface area (Å²) in [6.07, 6.45) is 2.80. The second-order valence-electron chi connectivity index (χ2n) is 3.25. The fraction of sp³-hybridized carbons (Fsp3) is 0.875. The van der Waals surface area contributed by atoms with E-state index in [1.54, 1.807) is 0 Å². The molecule has 4 nitrogen and oxygen atoms in total. The summed E-state index contributed by atoms with van der Waals surface area (Å²) in [5.41, 5.74) is 5.52. The molecule has 0 radical (unpaired) electrons. The maximum atomic E-state index is 10.8. The summed E-state index contributed by atoms with van der Waals surface area (Å²) in [5.74, 6) is 0.576. The Kier molecular flexibility index (Phi) is 3.34. The number of carbonyl (C=O) groups is 1. The first kappa shape index (κ1) is 9.32. The molecule has 0 saturated heterocycles. The smallest absolute Gasteiger partial charge is 0.407 e. The van der Waals surface area contributed by atoms with Gasteiger partial charge in [0.1, 0.15) is 0 Å². The van der Waals surface area contributed by atoms with Gasteiger partial charge in [-0.3, -0.25) is 0 Å². The van der Waals surface area contributed by atoms with Crippen LogP contribution in [0.4, 0.5) is 4.79 Å². The predicted molar refractivity (Wildman–Crippen MR) is 45.7 cm³/mol. The van der Waals surface area contributed by atoms with E-state index in [1.165, 1.54) is 7.11 Å². The number of methoxy groups -OCH3 is 1. The van der Waals surface area contributed by atoms with Gasteiger partial charge in [-0.25, -0.2) is 4.79 Å². The second-order valence-corrected chi connectivity index (χ2v) is 3.25. The van der Waals surface area contributed by atoms with Gasteiger partial charge in [0.25, 0.3) is 0 Å². The highest BCUT2D eigenvalue weighted by Crippen LogP contribution is 2.24. The fourth-order valence-corrected chi connectivity index (χ4v) is 1.65. The van der Waals surface area contributed by atoms with Crippen molar-refractivity contribution in [3.63, 3.8) is 0 Å². The first-order valence-corrected chi connectivity index (χ1v) is 4.30. The van der Waals surface area contributed by atoms with Crippen molar-refractivity contribution in [2.75, 3.05) is 13.7 Å². The molecular formula is C8H16N2O2. The highest BCUT2D eigenvalue weighted by molar-refractivity contribution is 5.67. The number of hydrogen-bond donors (Lipinski definition) is 2. The van der Waals surface area contributed by atoms with E-state index in [0.717, 1.165) is 25.8 Å². The van der Waals surface area contributed by atoms with Crippen molar-refractivity contribution in [1.82, 2.24) is 5.32 Å². The number of nitrogens with one attached hydrogen (secondary N) is 1. The molecule has 0 heterocycles. The molecule has 1 aliphatic rings. The van der Waals surface area contributed by atoms with Crippen molar-refractivity contribution in [3.05, 3.63) is 0 Å². The van der Waals surface area contributed by atoms with Crippen LogP contribution < -0.4 is 11.1 Å². The van der Waals surface area contributed by atoms with Gasteiger partial charge in [-0.15, -0.1) is 0 Å². The van der Waals surface area contributed by atoms with Crippen LogP contribution >= 0.6 is 0 Å². The molecule has 0 bridgehead atoms. The molecular weight excluding hydrogens is 156 g/mol. The molecule has 0 aliphatic heterocycles. The molecule has 12 heavy (non-hydrogen) atoms. The third kappa shape index (κ3) is 2.37. The molecule has 1 fully saturated rings. The van der Waals surface area contributed by atoms with Gasteiger partial charge in [-0.05, 0) is 31.7 Å². The zero-order valence-electron chi connectivity index (χ0n) is 7.38. The first-order valence-electron chi connectivity index (χ1n) is 4.30. The van der Waals surface area contributed by atoms with E-state index in [9.17, 15) is 4.79 Å². The number of hydrogen-bond acceptors (Lipinski definition) is 3. The molecule has 2 unspecified atom stereocenters. The van der Waals surface area contributed by atoms with E-state index in [0.29, 0.717) is 5.92 Å². The lowest BCUT2D eigenvalue weighted by Crippen LogP contribution is -2.33. The van der Waals surface area contributed by atoms with Gasteiger partial charge in [0.2, 0.25) is 0 Å². The molecule has 1 rings (SSSR count). The highest BCUT2D eigenvalue weighted by atomic mass is 16.5. The molecule has 0 aromatic rings. The van der Waals surface area contributed by atoms with Crippen LogP contribution in [0.2, 0.25) is 0 Å². The summed E-state index contributed by atoms with van der Waals surface area (Å²) in [6, 6.07) is 0.269. The molecule has 70 valence electrons. The van der Waals surface area contributed by atoms with E-state index in [4.69, 9.17) is 5.73 Å². The van der Waals surface area contributed by atoms with Crippen molar-refractivity contribution in [2.45, 2.75) is 25.3 Å². The van der Waals surface area contributed by atoms with E-state index < -0.39 is 0 Å². The van der Waals surface area contributed by atoms with Crippen molar-refractivity contribution >= 4 is 6.09 Å². The number of rotatable bonds is 2. The Morgan fingerprint density at radius 2 is 2.42 bits per heavy atom. The summed E-state index contributed by atoms with van der Waals surface area (Å²) in [6.45, 7) is 0.722. The van der Waals surface area contributed by atoms with Gasteiger partial charge >= 0.3 is 6.09 Å². The zero-order chi connectivity index (χ0) is 8.97. The minimum Gasteiger partial charge on any atom is -0.453 e. The average molecular weight is 172 g/mol. The van der Waals surface area contributed by atoms with E-state index >= 15 is 0 Å². The van der Waals surface area contributed by atoms with Gasteiger partial charge < -0.3 is 15.8 Å². The average Bonchev–Trinajstić information content (AvgIpc) is 2.52. The van der Waals surface area contributed by atoms with Crippen LogP contribution in [-0.4, -0.2) is 25.8 Å². The lowest BCUT2D eigenvalue weighted by molar-refractivity contribution is 0.166. The van der Waals surface area contributed by atoms with Gasteiger partial charge in [0.05, 0.1) is 7.11 Å². The largest absolute Gasteiger partial charge is 0.453 e. The van der Waals surface area contributed by atoms with E-state index in [-0.39, 0.29) is 12.1 Å². The molecule has 1 saturated carbocycles. The van der Waals surface area contributed by atoms with Crippen LogP contribution in [0.25, 0.3) is 0 Å². The van der Waals surface area contributed by atoms with E-state index in [1.807, 2.05) is 0 Å². The van der Waals surface area contributed by atoms with Crippen LogP contribution in [0.3, 0.4) is 0 Å². The van der Waals surface area contributed by atoms with Gasteiger partial charge in [-0.1, -0.05) is 0 Å². The summed E-state index contributed by atoms with van der Waals surface area (Å²) < 4.78 is 4.50. The maximum Gasteiger partial charge on any atom is 0.407 e. The Hall–Kier alpha value is -0.770.